The second-order valence-corrected chi connectivity index (χ2v) is 8.73. The van der Waals surface area contributed by atoms with Crippen molar-refractivity contribution in [3.8, 4) is 0 Å². The van der Waals surface area contributed by atoms with Gasteiger partial charge in [-0.3, -0.25) is 4.79 Å². The molecule has 2 aliphatic carbocycles. The molecule has 0 radical (unpaired) electrons. The molecule has 5 heteroatoms. The fourth-order valence-corrected chi connectivity index (χ4v) is 5.36. The van der Waals surface area contributed by atoms with E-state index in [0.717, 1.165) is 25.7 Å². The van der Waals surface area contributed by atoms with E-state index in [4.69, 9.17) is 9.47 Å². The number of hydrogen-bond donors (Lipinski definition) is 1. The molecule has 0 saturated heterocycles. The molecule has 0 aromatic heterocycles. The number of hydrogen-bond acceptors (Lipinski definition) is 5. The van der Waals surface area contributed by atoms with Crippen LogP contribution in [-0.4, -0.2) is 30.3 Å². The molecule has 1 saturated carbocycles. The lowest BCUT2D eigenvalue weighted by Crippen LogP contribution is -2.48. The first-order valence-corrected chi connectivity index (χ1v) is 9.51. The molecular formula is C21H30O5. The first kappa shape index (κ1) is 19.2. The van der Waals surface area contributed by atoms with Crippen molar-refractivity contribution in [2.45, 2.75) is 66.1 Å². The Labute approximate surface area is 155 Å². The summed E-state index contributed by atoms with van der Waals surface area (Å²) in [6.45, 7) is 9.00. The standard InChI is InChI=1S/C21H30O5/c1-12-7-6-8-14-13(2)20(3,9-10-21(12,14)4)11-15(22)16-17(25-5)19(24)26-18(16)23/h7,13-14,19,24H,6,8-11H2,1-5H3/t13-,14+,19?,20-,21-/m1/s1. The topological polar surface area (TPSA) is 72.8 Å². The normalized spacial score (nSPS) is 40.0. The number of methoxy groups -OCH3 is 1. The average molecular weight is 362 g/mol. The van der Waals surface area contributed by atoms with Crippen molar-refractivity contribution in [1.29, 1.82) is 0 Å². The molecule has 1 aliphatic heterocycles. The molecule has 1 heterocycles. The smallest absolute Gasteiger partial charge is 0.348 e. The Hall–Kier alpha value is -1.62. The molecule has 0 amide bonds. The Bertz CT molecular complexity index is 691. The lowest BCUT2D eigenvalue weighted by atomic mass is 9.49. The Morgan fingerprint density at radius 2 is 2.08 bits per heavy atom. The van der Waals surface area contributed by atoms with Crippen LogP contribution in [-0.2, 0) is 19.1 Å². The maximum atomic E-state index is 12.9. The van der Waals surface area contributed by atoms with Gasteiger partial charge in [0.05, 0.1) is 7.11 Å². The van der Waals surface area contributed by atoms with Gasteiger partial charge in [0.2, 0.25) is 0 Å². The summed E-state index contributed by atoms with van der Waals surface area (Å²) < 4.78 is 9.80. The van der Waals surface area contributed by atoms with Crippen molar-refractivity contribution in [1.82, 2.24) is 0 Å². The lowest BCUT2D eigenvalue weighted by molar-refractivity contribution is -0.154. The number of aliphatic hydroxyl groups is 1. The van der Waals surface area contributed by atoms with Gasteiger partial charge in [-0.1, -0.05) is 32.4 Å². The van der Waals surface area contributed by atoms with Gasteiger partial charge in [-0.2, -0.15) is 0 Å². The van der Waals surface area contributed by atoms with Crippen LogP contribution in [0.15, 0.2) is 23.0 Å². The Balaban J connectivity index is 1.84. The summed E-state index contributed by atoms with van der Waals surface area (Å²) in [5, 5.41) is 9.73. The predicted molar refractivity (Wildman–Crippen MR) is 96.9 cm³/mol. The molecule has 3 rings (SSSR count). The summed E-state index contributed by atoms with van der Waals surface area (Å²) >= 11 is 0. The van der Waals surface area contributed by atoms with E-state index < -0.39 is 12.3 Å². The number of carbonyl (C=O) groups excluding carboxylic acids is 2. The van der Waals surface area contributed by atoms with Gasteiger partial charge in [-0.05, 0) is 55.3 Å². The van der Waals surface area contributed by atoms with Crippen LogP contribution in [0.25, 0.3) is 0 Å². The molecular weight excluding hydrogens is 332 g/mol. The van der Waals surface area contributed by atoms with Crippen molar-refractivity contribution in [3.05, 3.63) is 23.0 Å². The number of ketones is 1. The van der Waals surface area contributed by atoms with Gasteiger partial charge in [0.25, 0.3) is 6.29 Å². The molecule has 0 spiro atoms. The third-order valence-corrected chi connectivity index (χ3v) is 7.52. The van der Waals surface area contributed by atoms with Gasteiger partial charge in [-0.25, -0.2) is 4.79 Å². The van der Waals surface area contributed by atoms with Crippen molar-refractivity contribution in [3.63, 3.8) is 0 Å². The van der Waals surface area contributed by atoms with E-state index in [9.17, 15) is 14.7 Å². The summed E-state index contributed by atoms with van der Waals surface area (Å²) in [6, 6.07) is 0. The molecule has 5 nitrogen and oxygen atoms in total. The second-order valence-electron chi connectivity index (χ2n) is 8.73. The fraction of sp³-hybridized carbons (Fsp3) is 0.714. The van der Waals surface area contributed by atoms with E-state index in [1.165, 1.54) is 12.7 Å². The first-order valence-electron chi connectivity index (χ1n) is 9.51. The quantitative estimate of drug-likeness (QED) is 0.471. The van der Waals surface area contributed by atoms with E-state index in [0.29, 0.717) is 11.8 Å². The number of fused-ring (bicyclic) bond motifs is 1. The van der Waals surface area contributed by atoms with E-state index in [1.807, 2.05) is 0 Å². The Morgan fingerprint density at radius 1 is 1.38 bits per heavy atom. The number of ether oxygens (including phenoxy) is 2. The maximum absolute atomic E-state index is 12.9. The van der Waals surface area contributed by atoms with Gasteiger partial charge in [0, 0.05) is 6.42 Å². The molecule has 0 bridgehead atoms. The van der Waals surface area contributed by atoms with Crippen LogP contribution < -0.4 is 0 Å². The zero-order valence-corrected chi connectivity index (χ0v) is 16.4. The number of carbonyl (C=O) groups is 2. The highest BCUT2D eigenvalue weighted by Crippen LogP contribution is 2.59. The minimum Gasteiger partial charge on any atom is -0.494 e. The zero-order chi connectivity index (χ0) is 19.3. The van der Waals surface area contributed by atoms with Gasteiger partial charge in [-0.15, -0.1) is 0 Å². The van der Waals surface area contributed by atoms with E-state index >= 15 is 0 Å². The summed E-state index contributed by atoms with van der Waals surface area (Å²) in [5.41, 5.74) is 1.38. The van der Waals surface area contributed by atoms with Gasteiger partial charge < -0.3 is 14.6 Å². The van der Waals surface area contributed by atoms with Crippen LogP contribution in [0.4, 0.5) is 0 Å². The predicted octanol–water partition coefficient (Wildman–Crippen LogP) is 3.52. The number of cyclic esters (lactones) is 1. The minimum atomic E-state index is -1.47. The van der Waals surface area contributed by atoms with Crippen molar-refractivity contribution in [2.75, 3.05) is 7.11 Å². The Kier molecular flexibility index (Phi) is 4.80. The second kappa shape index (κ2) is 6.52. The molecule has 5 atom stereocenters. The molecule has 144 valence electrons. The van der Waals surface area contributed by atoms with Crippen LogP contribution >= 0.6 is 0 Å². The SMILES string of the molecule is COC1=C(C(=O)C[C@@]2(C)CC[C@]3(C)C(C)=CCC[C@H]3[C@H]2C)C(=O)OC1O. The largest absolute Gasteiger partial charge is 0.494 e. The molecule has 1 N–H and O–H groups in total. The van der Waals surface area contributed by atoms with E-state index in [-0.39, 0.29) is 34.4 Å². The van der Waals surface area contributed by atoms with Gasteiger partial charge in [0.15, 0.2) is 11.5 Å². The van der Waals surface area contributed by atoms with Crippen molar-refractivity contribution < 1.29 is 24.2 Å². The van der Waals surface area contributed by atoms with Crippen LogP contribution in [0.1, 0.15) is 59.8 Å². The van der Waals surface area contributed by atoms with Crippen molar-refractivity contribution in [2.24, 2.45) is 22.7 Å². The number of rotatable bonds is 4. The Morgan fingerprint density at radius 3 is 2.73 bits per heavy atom. The summed E-state index contributed by atoms with van der Waals surface area (Å²) in [6.07, 6.45) is 5.39. The molecule has 0 aromatic rings. The fourth-order valence-electron chi connectivity index (χ4n) is 5.36. The van der Waals surface area contributed by atoms with Crippen LogP contribution in [0, 0.1) is 22.7 Å². The van der Waals surface area contributed by atoms with Crippen molar-refractivity contribution >= 4 is 11.8 Å². The highest BCUT2D eigenvalue weighted by Gasteiger charge is 2.52. The lowest BCUT2D eigenvalue weighted by Gasteiger charge is -2.55. The monoisotopic (exact) mass is 362 g/mol. The maximum Gasteiger partial charge on any atom is 0.348 e. The number of Topliss-reactive ketones (excluding diaryl/α,β-unsaturated/α-hetero) is 1. The highest BCUT2D eigenvalue weighted by molar-refractivity contribution is 6.19. The van der Waals surface area contributed by atoms with Gasteiger partial charge in [0.1, 0.15) is 5.57 Å². The number of esters is 1. The molecule has 3 aliphatic rings. The van der Waals surface area contributed by atoms with Crippen LogP contribution in [0.5, 0.6) is 0 Å². The van der Waals surface area contributed by atoms with E-state index in [1.54, 1.807) is 0 Å². The highest BCUT2D eigenvalue weighted by atomic mass is 16.7. The molecule has 1 fully saturated rings. The average Bonchev–Trinajstić information content (AvgIpc) is 2.87. The summed E-state index contributed by atoms with van der Waals surface area (Å²) in [7, 11) is 1.33. The first-order chi connectivity index (χ1) is 12.1. The van der Waals surface area contributed by atoms with Gasteiger partial charge >= 0.3 is 5.97 Å². The third-order valence-electron chi connectivity index (χ3n) is 7.52. The third kappa shape index (κ3) is 2.81. The molecule has 26 heavy (non-hydrogen) atoms. The number of aliphatic hydroxyl groups excluding tert-OH is 1. The minimum absolute atomic E-state index is 0.0617. The number of allylic oxidation sites excluding steroid dienone is 2. The van der Waals surface area contributed by atoms with Crippen LogP contribution in [0.3, 0.4) is 0 Å². The summed E-state index contributed by atoms with van der Waals surface area (Å²) in [5.74, 6) is -0.232. The zero-order valence-electron chi connectivity index (χ0n) is 16.4. The molecule has 1 unspecified atom stereocenters. The summed E-state index contributed by atoms with van der Waals surface area (Å²) in [4.78, 5) is 24.9. The van der Waals surface area contributed by atoms with Crippen LogP contribution in [0.2, 0.25) is 0 Å². The van der Waals surface area contributed by atoms with E-state index in [2.05, 4.69) is 33.8 Å². The molecule has 0 aromatic carbocycles.